The van der Waals surface area contributed by atoms with E-state index in [9.17, 15) is 38.1 Å². The molecule has 0 aromatic heterocycles. The second-order valence-corrected chi connectivity index (χ2v) is 11.4. The molecule has 0 unspecified atom stereocenters. The lowest BCUT2D eigenvalue weighted by atomic mass is 9.96. The Morgan fingerprint density at radius 3 is 2.22 bits per heavy atom. The van der Waals surface area contributed by atoms with Crippen LogP contribution in [0.3, 0.4) is 0 Å². The molecule has 2 aromatic carbocycles. The van der Waals surface area contributed by atoms with Crippen LogP contribution in [0, 0.1) is 0 Å². The maximum Gasteiger partial charge on any atom is 0.446 e. The molecule has 46 heavy (non-hydrogen) atoms. The third-order valence-electron chi connectivity index (χ3n) is 6.20. The highest BCUT2D eigenvalue weighted by molar-refractivity contribution is 6.32. The standard InChI is InChI=1S/C28H36ClNO10.C2HF3O/c1-28(2,3)40-22(32)10-15-7-6-8-16(9-15)14-38-20-12-19(36-4)17(11-18(20)29)26(35)30-23-25(34)24(33)21(13-31)39-27(23)37-5;3-2(4,5)1-6/h6-9,11-12,21,23-25,27,31,33-34H,10,13-14H2,1-5H3,(H,30,35);1H/t21-,23-,24-,25-,27-;/m1./s1. The Balaban J connectivity index is 0.00000112. The van der Waals surface area contributed by atoms with Crippen LogP contribution in [-0.4, -0.2) is 96.7 Å². The monoisotopic (exact) mass is 679 g/mol. The molecule has 1 heterocycles. The van der Waals surface area contributed by atoms with E-state index in [-0.39, 0.29) is 41.1 Å². The van der Waals surface area contributed by atoms with Crippen LogP contribution in [-0.2, 0) is 36.8 Å². The fourth-order valence-electron chi connectivity index (χ4n) is 4.19. The zero-order chi connectivity index (χ0) is 34.8. The second-order valence-electron chi connectivity index (χ2n) is 11.0. The summed E-state index contributed by atoms with van der Waals surface area (Å²) >= 11 is 6.43. The van der Waals surface area contributed by atoms with Crippen molar-refractivity contribution in [3.05, 3.63) is 58.1 Å². The predicted molar refractivity (Wildman–Crippen MR) is 156 cm³/mol. The highest BCUT2D eigenvalue weighted by Gasteiger charge is 2.45. The molecule has 1 fully saturated rings. The number of nitrogens with one attached hydrogen (secondary N) is 1. The maximum absolute atomic E-state index is 13.1. The van der Waals surface area contributed by atoms with E-state index >= 15 is 0 Å². The topological polar surface area (TPSA) is 170 Å². The van der Waals surface area contributed by atoms with E-state index in [2.05, 4.69) is 5.32 Å². The molecule has 5 atom stereocenters. The van der Waals surface area contributed by atoms with Gasteiger partial charge in [-0.2, -0.15) is 13.2 Å². The van der Waals surface area contributed by atoms with Gasteiger partial charge in [-0.3, -0.25) is 14.4 Å². The van der Waals surface area contributed by atoms with Gasteiger partial charge in [0.05, 0.1) is 30.7 Å². The van der Waals surface area contributed by atoms with Crippen LogP contribution in [0.4, 0.5) is 13.2 Å². The number of carbonyl (C=O) groups excluding carboxylic acids is 3. The number of aliphatic hydroxyl groups excluding tert-OH is 3. The zero-order valence-electron chi connectivity index (χ0n) is 25.7. The largest absolute Gasteiger partial charge is 0.496 e. The Bertz CT molecular complexity index is 1330. The van der Waals surface area contributed by atoms with Crippen LogP contribution < -0.4 is 14.8 Å². The molecule has 0 spiro atoms. The van der Waals surface area contributed by atoms with Gasteiger partial charge in [0.1, 0.15) is 48.1 Å². The van der Waals surface area contributed by atoms with Crippen LogP contribution in [0.5, 0.6) is 11.5 Å². The van der Waals surface area contributed by atoms with Gasteiger partial charge in [-0.15, -0.1) is 0 Å². The number of benzene rings is 2. The molecule has 1 amide bonds. The summed E-state index contributed by atoms with van der Waals surface area (Å²) in [5.74, 6) is -0.613. The average Bonchev–Trinajstić information content (AvgIpc) is 2.98. The van der Waals surface area contributed by atoms with E-state index in [0.717, 1.165) is 11.1 Å². The number of hydrogen-bond acceptors (Lipinski definition) is 11. The number of methoxy groups -OCH3 is 2. The molecule has 3 rings (SSSR count). The molecule has 16 heteroatoms. The molecular formula is C30H37ClF3NO11. The number of halogens is 4. The summed E-state index contributed by atoms with van der Waals surface area (Å²) in [7, 11) is 2.68. The van der Waals surface area contributed by atoms with Gasteiger partial charge >= 0.3 is 12.1 Å². The number of esters is 1. The molecule has 0 bridgehead atoms. The number of amides is 1. The van der Waals surface area contributed by atoms with E-state index in [1.807, 2.05) is 45.0 Å². The van der Waals surface area contributed by atoms with Crippen LogP contribution in [0.25, 0.3) is 0 Å². The van der Waals surface area contributed by atoms with Crippen LogP contribution in [0.2, 0.25) is 5.02 Å². The number of aldehydes is 1. The van der Waals surface area contributed by atoms with Crippen molar-refractivity contribution in [3.63, 3.8) is 0 Å². The van der Waals surface area contributed by atoms with Gasteiger partial charge in [-0.05, 0) is 38.0 Å². The average molecular weight is 680 g/mol. The van der Waals surface area contributed by atoms with E-state index in [4.69, 9.17) is 40.1 Å². The number of ether oxygens (including phenoxy) is 5. The van der Waals surface area contributed by atoms with Crippen molar-refractivity contribution in [1.82, 2.24) is 5.32 Å². The van der Waals surface area contributed by atoms with Crippen molar-refractivity contribution < 1.29 is 66.6 Å². The van der Waals surface area contributed by atoms with Gasteiger partial charge in [0.25, 0.3) is 5.91 Å². The minimum atomic E-state index is -4.64. The van der Waals surface area contributed by atoms with E-state index in [1.165, 1.54) is 26.4 Å². The molecule has 0 saturated carbocycles. The second kappa shape index (κ2) is 16.9. The predicted octanol–water partition coefficient (Wildman–Crippen LogP) is 2.74. The lowest BCUT2D eigenvalue weighted by Gasteiger charge is -2.41. The number of aliphatic hydroxyl groups is 3. The van der Waals surface area contributed by atoms with Gasteiger partial charge < -0.3 is 44.3 Å². The first kappa shape index (κ1) is 38.7. The maximum atomic E-state index is 13.1. The Kier molecular flexibility index (Phi) is 14.2. The van der Waals surface area contributed by atoms with Crippen LogP contribution in [0.1, 0.15) is 42.3 Å². The fraction of sp³-hybridized carbons (Fsp3) is 0.500. The fourth-order valence-corrected chi connectivity index (χ4v) is 4.41. The highest BCUT2D eigenvalue weighted by atomic mass is 35.5. The van der Waals surface area contributed by atoms with Gasteiger partial charge in [0.15, 0.2) is 6.29 Å². The van der Waals surface area contributed by atoms with Gasteiger partial charge in [-0.25, -0.2) is 0 Å². The summed E-state index contributed by atoms with van der Waals surface area (Å²) in [5.41, 5.74) is 1.02. The summed E-state index contributed by atoms with van der Waals surface area (Å²) in [4.78, 5) is 34.0. The van der Waals surface area contributed by atoms with E-state index < -0.39 is 61.2 Å². The molecule has 2 aromatic rings. The van der Waals surface area contributed by atoms with Crippen LogP contribution in [0.15, 0.2) is 36.4 Å². The third kappa shape index (κ3) is 11.7. The van der Waals surface area contributed by atoms with Gasteiger partial charge in [0, 0.05) is 13.2 Å². The molecule has 12 nitrogen and oxygen atoms in total. The quantitative estimate of drug-likeness (QED) is 0.215. The first-order valence-electron chi connectivity index (χ1n) is 13.7. The molecule has 1 aliphatic heterocycles. The van der Waals surface area contributed by atoms with E-state index in [1.54, 1.807) is 0 Å². The Hall–Kier alpha value is -3.47. The third-order valence-corrected chi connectivity index (χ3v) is 6.49. The summed E-state index contributed by atoms with van der Waals surface area (Å²) in [6.45, 7) is 5.01. The Morgan fingerprint density at radius 1 is 1.04 bits per heavy atom. The van der Waals surface area contributed by atoms with Crippen LogP contribution >= 0.6 is 11.6 Å². The molecule has 1 saturated heterocycles. The van der Waals surface area contributed by atoms with Crippen molar-refractivity contribution in [1.29, 1.82) is 0 Å². The number of rotatable bonds is 10. The first-order valence-corrected chi connectivity index (χ1v) is 14.1. The molecule has 0 aliphatic carbocycles. The molecule has 0 radical (unpaired) electrons. The smallest absolute Gasteiger partial charge is 0.446 e. The lowest BCUT2D eigenvalue weighted by molar-refractivity contribution is -0.261. The zero-order valence-corrected chi connectivity index (χ0v) is 26.4. The normalized spacial score (nSPS) is 21.3. The minimum Gasteiger partial charge on any atom is -0.496 e. The van der Waals surface area contributed by atoms with Gasteiger partial charge in [-0.1, -0.05) is 35.9 Å². The van der Waals surface area contributed by atoms with Crippen molar-refractivity contribution in [2.75, 3.05) is 20.8 Å². The van der Waals surface area contributed by atoms with Crippen molar-refractivity contribution in [2.24, 2.45) is 0 Å². The van der Waals surface area contributed by atoms with Crippen molar-refractivity contribution in [2.45, 2.75) is 76.2 Å². The summed E-state index contributed by atoms with van der Waals surface area (Å²) in [5, 5.41) is 32.8. The van der Waals surface area contributed by atoms with E-state index in [0.29, 0.717) is 0 Å². The number of alkyl halides is 3. The van der Waals surface area contributed by atoms with Crippen molar-refractivity contribution in [3.8, 4) is 11.5 Å². The molecular weight excluding hydrogens is 643 g/mol. The summed E-state index contributed by atoms with van der Waals surface area (Å²) in [6.07, 6.45) is -10.7. The molecule has 1 aliphatic rings. The first-order chi connectivity index (χ1) is 21.4. The summed E-state index contributed by atoms with van der Waals surface area (Å²) < 4.78 is 58.5. The Labute approximate surface area is 268 Å². The summed E-state index contributed by atoms with van der Waals surface area (Å²) in [6, 6.07) is 8.96. The van der Waals surface area contributed by atoms with Crippen molar-refractivity contribution >= 4 is 29.8 Å². The minimum absolute atomic E-state index is 0.0417. The lowest BCUT2D eigenvalue weighted by Crippen LogP contribution is -2.64. The number of hydrogen-bond donors (Lipinski definition) is 4. The Morgan fingerprint density at radius 2 is 1.67 bits per heavy atom. The molecule has 4 N–H and O–H groups in total. The van der Waals surface area contributed by atoms with Gasteiger partial charge in [0.2, 0.25) is 6.29 Å². The molecule has 256 valence electrons. The SMILES string of the molecule is COc1cc(OCc2cccc(CC(=O)OC(C)(C)C)c2)c(Cl)cc1C(=O)N[C@H]1[C@H](OC)O[C@H](CO)[C@@H](O)[C@@H]1O.O=CC(F)(F)F. The highest BCUT2D eigenvalue weighted by Crippen LogP contribution is 2.34. The number of carbonyl (C=O) groups is 3.